The standard InChI is InChI=1S/C22H22ClF2N3O3/c23-15-5-2-1-4-14(15)22(31)9-12-27(13-10-22)21(30)26-18-8-11-28(20(18)29)19-16(24)6-3-7-17(19)25/h1-7,18,31H,8-13H2,(H,26,30). The fourth-order valence-corrected chi connectivity index (χ4v) is 4.52. The van der Waals surface area contributed by atoms with Crippen LogP contribution >= 0.6 is 11.6 Å². The third-order valence-corrected chi connectivity index (χ3v) is 6.29. The number of aliphatic hydroxyl groups is 1. The number of carbonyl (C=O) groups is 2. The fourth-order valence-electron chi connectivity index (χ4n) is 4.21. The minimum atomic E-state index is -1.13. The van der Waals surface area contributed by atoms with E-state index in [1.165, 1.54) is 11.0 Å². The average molecular weight is 450 g/mol. The normalized spacial score (nSPS) is 20.8. The Kier molecular flexibility index (Phi) is 5.85. The number of benzene rings is 2. The summed E-state index contributed by atoms with van der Waals surface area (Å²) in [6.07, 6.45) is 0.848. The van der Waals surface area contributed by atoms with Crippen molar-refractivity contribution in [2.45, 2.75) is 30.9 Å². The number of rotatable bonds is 3. The van der Waals surface area contributed by atoms with E-state index in [4.69, 9.17) is 11.6 Å². The van der Waals surface area contributed by atoms with E-state index in [1.807, 2.05) is 0 Å². The number of likely N-dealkylation sites (tertiary alicyclic amines) is 1. The summed E-state index contributed by atoms with van der Waals surface area (Å²) >= 11 is 6.21. The zero-order valence-corrected chi connectivity index (χ0v) is 17.4. The predicted molar refractivity (Wildman–Crippen MR) is 112 cm³/mol. The Labute approximate surface area is 183 Å². The largest absolute Gasteiger partial charge is 0.385 e. The van der Waals surface area contributed by atoms with Crippen molar-refractivity contribution in [1.82, 2.24) is 10.2 Å². The summed E-state index contributed by atoms with van der Waals surface area (Å²) in [7, 11) is 0. The van der Waals surface area contributed by atoms with Gasteiger partial charge in [0, 0.05) is 30.2 Å². The quantitative estimate of drug-likeness (QED) is 0.754. The van der Waals surface area contributed by atoms with Crippen LogP contribution in [0.1, 0.15) is 24.8 Å². The van der Waals surface area contributed by atoms with Crippen molar-refractivity contribution in [3.05, 3.63) is 64.7 Å². The highest BCUT2D eigenvalue weighted by atomic mass is 35.5. The Morgan fingerprint density at radius 1 is 1.06 bits per heavy atom. The molecule has 2 N–H and O–H groups in total. The zero-order valence-electron chi connectivity index (χ0n) is 16.7. The molecule has 0 aromatic heterocycles. The molecule has 2 fully saturated rings. The third kappa shape index (κ3) is 4.09. The molecule has 0 spiro atoms. The van der Waals surface area contributed by atoms with Crippen molar-refractivity contribution in [2.75, 3.05) is 24.5 Å². The van der Waals surface area contributed by atoms with Gasteiger partial charge in [0.2, 0.25) is 5.91 Å². The maximum absolute atomic E-state index is 14.0. The molecule has 2 aromatic carbocycles. The summed E-state index contributed by atoms with van der Waals surface area (Å²) in [6.45, 7) is 0.661. The molecule has 164 valence electrons. The number of carbonyl (C=O) groups excluding carboxylic acids is 2. The van der Waals surface area contributed by atoms with Gasteiger partial charge in [0.1, 0.15) is 23.4 Å². The molecule has 9 heteroatoms. The van der Waals surface area contributed by atoms with Crippen LogP contribution in [0, 0.1) is 11.6 Å². The van der Waals surface area contributed by atoms with Gasteiger partial charge in [-0.3, -0.25) is 4.79 Å². The summed E-state index contributed by atoms with van der Waals surface area (Å²) in [6, 6.07) is 9.16. The van der Waals surface area contributed by atoms with Gasteiger partial charge in [-0.05, 0) is 37.5 Å². The van der Waals surface area contributed by atoms with Crippen LogP contribution < -0.4 is 10.2 Å². The van der Waals surface area contributed by atoms with E-state index in [-0.39, 0.29) is 26.1 Å². The van der Waals surface area contributed by atoms with Crippen LogP contribution in [0.5, 0.6) is 0 Å². The first kappa shape index (κ1) is 21.5. The van der Waals surface area contributed by atoms with Crippen molar-refractivity contribution in [3.63, 3.8) is 0 Å². The Bertz CT molecular complexity index is 991. The number of urea groups is 1. The second-order valence-corrected chi connectivity index (χ2v) is 8.26. The molecule has 2 heterocycles. The van der Waals surface area contributed by atoms with Crippen molar-refractivity contribution in [1.29, 1.82) is 0 Å². The Morgan fingerprint density at radius 2 is 1.71 bits per heavy atom. The lowest BCUT2D eigenvalue weighted by molar-refractivity contribution is -0.118. The number of piperidine rings is 1. The number of hydrogen-bond donors (Lipinski definition) is 2. The lowest BCUT2D eigenvalue weighted by Crippen LogP contribution is -2.52. The third-order valence-electron chi connectivity index (χ3n) is 5.96. The molecule has 3 amide bonds. The van der Waals surface area contributed by atoms with Crippen molar-refractivity contribution >= 4 is 29.2 Å². The molecule has 0 radical (unpaired) electrons. The van der Waals surface area contributed by atoms with Gasteiger partial charge in [0.15, 0.2) is 0 Å². The highest BCUT2D eigenvalue weighted by Crippen LogP contribution is 2.36. The van der Waals surface area contributed by atoms with E-state index in [9.17, 15) is 23.5 Å². The lowest BCUT2D eigenvalue weighted by Gasteiger charge is -2.39. The van der Waals surface area contributed by atoms with Gasteiger partial charge >= 0.3 is 6.03 Å². The smallest absolute Gasteiger partial charge is 0.318 e. The van der Waals surface area contributed by atoms with Crippen LogP contribution in [-0.4, -0.2) is 47.6 Å². The Balaban J connectivity index is 1.38. The van der Waals surface area contributed by atoms with Gasteiger partial charge < -0.3 is 20.2 Å². The van der Waals surface area contributed by atoms with Crippen LogP contribution in [0.15, 0.2) is 42.5 Å². The average Bonchev–Trinajstić information content (AvgIpc) is 3.09. The molecule has 4 rings (SSSR count). The maximum atomic E-state index is 14.0. The molecule has 2 aliphatic heterocycles. The predicted octanol–water partition coefficient (Wildman–Crippen LogP) is 3.42. The minimum absolute atomic E-state index is 0.105. The molecule has 1 atom stereocenters. The van der Waals surface area contributed by atoms with Crippen LogP contribution in [0.4, 0.5) is 19.3 Å². The zero-order chi connectivity index (χ0) is 22.2. The van der Waals surface area contributed by atoms with Crippen LogP contribution in [-0.2, 0) is 10.4 Å². The number of para-hydroxylation sites is 1. The van der Waals surface area contributed by atoms with E-state index >= 15 is 0 Å². The van der Waals surface area contributed by atoms with E-state index in [0.29, 0.717) is 23.4 Å². The summed E-state index contributed by atoms with van der Waals surface area (Å²) in [5, 5.41) is 14.1. The van der Waals surface area contributed by atoms with Gasteiger partial charge in [-0.25, -0.2) is 13.6 Å². The molecule has 2 saturated heterocycles. The van der Waals surface area contributed by atoms with Gasteiger partial charge in [0.25, 0.3) is 0 Å². The number of halogens is 3. The number of anilines is 1. The van der Waals surface area contributed by atoms with E-state index in [2.05, 4.69) is 5.32 Å². The van der Waals surface area contributed by atoms with E-state index < -0.39 is 40.9 Å². The SMILES string of the molecule is O=C(NC1CCN(c2c(F)cccc2F)C1=O)N1CCC(O)(c2ccccc2Cl)CC1. The first-order valence-electron chi connectivity index (χ1n) is 10.1. The molecular formula is C22H22ClF2N3O3. The monoisotopic (exact) mass is 449 g/mol. The molecule has 1 unspecified atom stereocenters. The number of nitrogens with zero attached hydrogens (tertiary/aromatic N) is 2. The maximum Gasteiger partial charge on any atom is 0.318 e. The molecule has 6 nitrogen and oxygen atoms in total. The topological polar surface area (TPSA) is 72.9 Å². The highest BCUT2D eigenvalue weighted by Gasteiger charge is 2.40. The minimum Gasteiger partial charge on any atom is -0.385 e. The summed E-state index contributed by atoms with van der Waals surface area (Å²) in [4.78, 5) is 27.9. The molecule has 0 bridgehead atoms. The Morgan fingerprint density at radius 3 is 2.35 bits per heavy atom. The van der Waals surface area contributed by atoms with Crippen LogP contribution in [0.2, 0.25) is 5.02 Å². The van der Waals surface area contributed by atoms with E-state index in [1.54, 1.807) is 24.3 Å². The van der Waals surface area contributed by atoms with Crippen molar-refractivity contribution in [2.24, 2.45) is 0 Å². The number of nitrogens with one attached hydrogen (secondary N) is 1. The second kappa shape index (κ2) is 8.43. The lowest BCUT2D eigenvalue weighted by atomic mass is 9.84. The highest BCUT2D eigenvalue weighted by molar-refractivity contribution is 6.31. The molecule has 2 aliphatic rings. The summed E-state index contributed by atoms with van der Waals surface area (Å²) in [5.74, 6) is -2.20. The van der Waals surface area contributed by atoms with Crippen LogP contribution in [0.3, 0.4) is 0 Å². The first-order chi connectivity index (χ1) is 14.8. The van der Waals surface area contributed by atoms with Crippen molar-refractivity contribution < 1.29 is 23.5 Å². The fraction of sp³-hybridized carbons (Fsp3) is 0.364. The van der Waals surface area contributed by atoms with Gasteiger partial charge in [-0.2, -0.15) is 0 Å². The molecular weight excluding hydrogens is 428 g/mol. The number of hydrogen-bond acceptors (Lipinski definition) is 3. The van der Waals surface area contributed by atoms with Gasteiger partial charge in [0.05, 0.1) is 5.60 Å². The molecule has 0 saturated carbocycles. The van der Waals surface area contributed by atoms with Crippen LogP contribution in [0.25, 0.3) is 0 Å². The first-order valence-corrected chi connectivity index (χ1v) is 10.5. The van der Waals surface area contributed by atoms with Gasteiger partial charge in [-0.1, -0.05) is 35.9 Å². The molecule has 31 heavy (non-hydrogen) atoms. The second-order valence-electron chi connectivity index (χ2n) is 7.85. The number of amides is 3. The molecule has 0 aliphatic carbocycles. The summed E-state index contributed by atoms with van der Waals surface area (Å²) < 4.78 is 28.1. The van der Waals surface area contributed by atoms with Gasteiger partial charge in [-0.15, -0.1) is 0 Å². The van der Waals surface area contributed by atoms with Crippen molar-refractivity contribution in [3.8, 4) is 0 Å². The summed E-state index contributed by atoms with van der Waals surface area (Å²) in [5.41, 5.74) is -0.894. The molecule has 2 aromatic rings. The Hall–Kier alpha value is -2.71. The van der Waals surface area contributed by atoms with E-state index in [0.717, 1.165) is 17.0 Å².